The second-order valence-electron chi connectivity index (χ2n) is 5.43. The number of carboxylic acids is 1. The number of aliphatic imine (C=N–C) groups is 1. The SMILES string of the molecule is O=C(O)COc1ccc(C=C2SC(=Nc3cccc(Cl)c3Cl)NC2=O)cc1Cl. The van der Waals surface area contributed by atoms with Crippen molar-refractivity contribution in [3.8, 4) is 5.75 Å². The zero-order valence-electron chi connectivity index (χ0n) is 13.9. The van der Waals surface area contributed by atoms with Crippen LogP contribution in [0.2, 0.25) is 15.1 Å². The lowest BCUT2D eigenvalue weighted by molar-refractivity contribution is -0.139. The van der Waals surface area contributed by atoms with E-state index in [4.69, 9.17) is 44.6 Å². The Morgan fingerprint density at radius 3 is 2.71 bits per heavy atom. The number of ether oxygens (including phenoxy) is 1. The third-order valence-electron chi connectivity index (χ3n) is 3.41. The predicted octanol–water partition coefficient (Wildman–Crippen LogP) is 5.00. The van der Waals surface area contributed by atoms with Crippen LogP contribution in [0.1, 0.15) is 5.56 Å². The molecule has 1 saturated heterocycles. The average Bonchev–Trinajstić information content (AvgIpc) is 2.97. The summed E-state index contributed by atoms with van der Waals surface area (Å²) < 4.78 is 5.07. The fourth-order valence-electron chi connectivity index (χ4n) is 2.18. The molecular formula is C18H11Cl3N2O4S. The molecule has 0 aromatic heterocycles. The molecule has 0 saturated carbocycles. The number of carbonyl (C=O) groups is 2. The molecule has 1 aliphatic rings. The van der Waals surface area contributed by atoms with Crippen LogP contribution < -0.4 is 10.1 Å². The van der Waals surface area contributed by atoms with Gasteiger partial charge in [0, 0.05) is 0 Å². The fourth-order valence-corrected chi connectivity index (χ4v) is 3.60. The quantitative estimate of drug-likeness (QED) is 0.617. The van der Waals surface area contributed by atoms with Gasteiger partial charge in [0.2, 0.25) is 0 Å². The monoisotopic (exact) mass is 456 g/mol. The standard InChI is InChI=1S/C18H11Cl3N2O4S/c19-10-2-1-3-12(16(10)21)22-18-23-17(26)14(28-18)7-9-4-5-13(11(20)6-9)27-8-15(24)25/h1-7H,8H2,(H,24,25)(H,22,23,26). The van der Waals surface area contributed by atoms with Crippen molar-refractivity contribution >= 4 is 75.4 Å². The molecule has 10 heteroatoms. The van der Waals surface area contributed by atoms with Crippen molar-refractivity contribution in [1.29, 1.82) is 0 Å². The molecule has 2 N–H and O–H groups in total. The van der Waals surface area contributed by atoms with Crippen molar-refractivity contribution in [3.63, 3.8) is 0 Å². The molecule has 0 radical (unpaired) electrons. The minimum absolute atomic E-state index is 0.235. The van der Waals surface area contributed by atoms with Crippen LogP contribution in [0.25, 0.3) is 6.08 Å². The highest BCUT2D eigenvalue weighted by Gasteiger charge is 2.24. The minimum atomic E-state index is -1.10. The van der Waals surface area contributed by atoms with Crippen LogP contribution >= 0.6 is 46.6 Å². The molecule has 144 valence electrons. The Hall–Kier alpha value is -2.19. The number of carboxylic acid groups (broad SMARTS) is 1. The van der Waals surface area contributed by atoms with E-state index in [9.17, 15) is 9.59 Å². The highest BCUT2D eigenvalue weighted by atomic mass is 35.5. The van der Waals surface area contributed by atoms with Gasteiger partial charge in [-0.05, 0) is 47.7 Å². The Labute approximate surface area is 179 Å². The molecule has 0 bridgehead atoms. The number of amidine groups is 1. The van der Waals surface area contributed by atoms with E-state index in [2.05, 4.69) is 10.3 Å². The zero-order chi connectivity index (χ0) is 20.3. The zero-order valence-corrected chi connectivity index (χ0v) is 17.0. The van der Waals surface area contributed by atoms with E-state index in [1.807, 2.05) is 0 Å². The first-order valence-corrected chi connectivity index (χ1v) is 9.66. The average molecular weight is 458 g/mol. The van der Waals surface area contributed by atoms with Crippen molar-refractivity contribution in [2.75, 3.05) is 6.61 Å². The van der Waals surface area contributed by atoms with Crippen LogP contribution in [-0.4, -0.2) is 28.8 Å². The summed E-state index contributed by atoms with van der Waals surface area (Å²) >= 11 is 19.3. The van der Waals surface area contributed by atoms with E-state index in [0.717, 1.165) is 11.8 Å². The van der Waals surface area contributed by atoms with Gasteiger partial charge in [-0.1, -0.05) is 46.9 Å². The van der Waals surface area contributed by atoms with E-state index in [1.54, 1.807) is 36.4 Å². The normalized spacial score (nSPS) is 16.5. The van der Waals surface area contributed by atoms with Crippen molar-refractivity contribution in [2.24, 2.45) is 4.99 Å². The Balaban J connectivity index is 1.79. The number of nitrogens with one attached hydrogen (secondary N) is 1. The highest BCUT2D eigenvalue weighted by molar-refractivity contribution is 8.18. The summed E-state index contributed by atoms with van der Waals surface area (Å²) in [6.45, 7) is -0.496. The van der Waals surface area contributed by atoms with Gasteiger partial charge in [-0.2, -0.15) is 0 Å². The van der Waals surface area contributed by atoms with Crippen LogP contribution in [0.3, 0.4) is 0 Å². The first kappa shape index (κ1) is 20.5. The predicted molar refractivity (Wildman–Crippen MR) is 112 cm³/mol. The van der Waals surface area contributed by atoms with Crippen LogP contribution in [-0.2, 0) is 9.59 Å². The van der Waals surface area contributed by atoms with Crippen molar-refractivity contribution in [1.82, 2.24) is 5.32 Å². The summed E-state index contributed by atoms with van der Waals surface area (Å²) in [6, 6.07) is 9.81. The molecule has 6 nitrogen and oxygen atoms in total. The number of hydrogen-bond acceptors (Lipinski definition) is 5. The number of hydrogen-bond donors (Lipinski definition) is 2. The number of thioether (sulfide) groups is 1. The van der Waals surface area contributed by atoms with Gasteiger partial charge >= 0.3 is 5.97 Å². The lowest BCUT2D eigenvalue weighted by atomic mass is 10.2. The van der Waals surface area contributed by atoms with Gasteiger partial charge in [0.1, 0.15) is 5.75 Å². The van der Waals surface area contributed by atoms with Gasteiger partial charge in [0.05, 0.1) is 25.7 Å². The Morgan fingerprint density at radius 1 is 1.21 bits per heavy atom. The molecule has 0 unspecified atom stereocenters. The first-order chi connectivity index (χ1) is 13.3. The summed E-state index contributed by atoms with van der Waals surface area (Å²) in [5.41, 5.74) is 1.09. The number of aliphatic carboxylic acids is 1. The van der Waals surface area contributed by atoms with Crippen LogP contribution in [0.5, 0.6) is 5.75 Å². The Morgan fingerprint density at radius 2 is 2.00 bits per heavy atom. The van der Waals surface area contributed by atoms with Gasteiger partial charge in [-0.3, -0.25) is 4.79 Å². The molecule has 1 aliphatic heterocycles. The highest BCUT2D eigenvalue weighted by Crippen LogP contribution is 2.35. The number of carbonyl (C=O) groups excluding carboxylic acids is 1. The van der Waals surface area contributed by atoms with Crippen molar-refractivity contribution < 1.29 is 19.4 Å². The first-order valence-electron chi connectivity index (χ1n) is 7.71. The third kappa shape index (κ3) is 4.99. The molecule has 28 heavy (non-hydrogen) atoms. The topological polar surface area (TPSA) is 88.0 Å². The van der Waals surface area contributed by atoms with E-state index in [-0.39, 0.29) is 16.7 Å². The van der Waals surface area contributed by atoms with E-state index in [1.165, 1.54) is 6.07 Å². The van der Waals surface area contributed by atoms with Crippen molar-refractivity contribution in [2.45, 2.75) is 0 Å². The molecule has 1 heterocycles. The third-order valence-corrected chi connectivity index (χ3v) is 5.42. The summed E-state index contributed by atoms with van der Waals surface area (Å²) in [5, 5.41) is 12.6. The largest absolute Gasteiger partial charge is 0.480 e. The van der Waals surface area contributed by atoms with Gasteiger partial charge in [-0.15, -0.1) is 0 Å². The van der Waals surface area contributed by atoms with Gasteiger partial charge < -0.3 is 15.2 Å². The van der Waals surface area contributed by atoms with E-state index >= 15 is 0 Å². The number of halogens is 3. The maximum atomic E-state index is 12.2. The number of rotatable bonds is 5. The van der Waals surface area contributed by atoms with Crippen molar-refractivity contribution in [3.05, 3.63) is 61.9 Å². The lowest BCUT2D eigenvalue weighted by Crippen LogP contribution is -2.19. The molecular weight excluding hydrogens is 447 g/mol. The molecule has 2 aromatic rings. The van der Waals surface area contributed by atoms with Gasteiger partial charge in [0.15, 0.2) is 11.8 Å². The van der Waals surface area contributed by atoms with Gasteiger partial charge in [-0.25, -0.2) is 9.79 Å². The van der Waals surface area contributed by atoms with E-state index in [0.29, 0.717) is 31.4 Å². The molecule has 3 rings (SSSR count). The second-order valence-corrected chi connectivity index (χ2v) is 7.65. The number of amides is 1. The summed E-state index contributed by atoms with van der Waals surface area (Å²) in [7, 11) is 0. The maximum Gasteiger partial charge on any atom is 0.341 e. The smallest absolute Gasteiger partial charge is 0.341 e. The fraction of sp³-hybridized carbons (Fsp3) is 0.0556. The second kappa shape index (κ2) is 8.87. The van der Waals surface area contributed by atoms with Crippen LogP contribution in [0, 0.1) is 0 Å². The number of nitrogens with zero attached hydrogens (tertiary/aromatic N) is 1. The lowest BCUT2D eigenvalue weighted by Gasteiger charge is -2.06. The molecule has 2 aromatic carbocycles. The molecule has 0 aliphatic carbocycles. The molecule has 1 amide bonds. The molecule has 0 atom stereocenters. The number of benzene rings is 2. The Bertz CT molecular complexity index is 1020. The molecule has 0 spiro atoms. The minimum Gasteiger partial charge on any atom is -0.480 e. The van der Waals surface area contributed by atoms with Gasteiger partial charge in [0.25, 0.3) is 5.91 Å². The summed E-state index contributed by atoms with van der Waals surface area (Å²) in [6.07, 6.45) is 1.63. The molecule has 1 fully saturated rings. The summed E-state index contributed by atoms with van der Waals surface area (Å²) in [4.78, 5) is 27.5. The maximum absolute atomic E-state index is 12.2. The van der Waals surface area contributed by atoms with Crippen LogP contribution in [0.15, 0.2) is 46.3 Å². The summed E-state index contributed by atoms with van der Waals surface area (Å²) in [5.74, 6) is -1.18. The van der Waals surface area contributed by atoms with E-state index < -0.39 is 12.6 Å². The Kier molecular flexibility index (Phi) is 6.51. The van der Waals surface area contributed by atoms with Crippen LogP contribution in [0.4, 0.5) is 5.69 Å².